The fourth-order valence-electron chi connectivity index (χ4n) is 0.823. The topological polar surface area (TPSA) is 37.3 Å². The lowest BCUT2D eigenvalue weighted by Crippen LogP contribution is -1.95. The SMILES string of the molecule is O=C(O)CCSc1ccc(F)c(F)c1. The molecular weight excluding hydrogens is 210 g/mol. The summed E-state index contributed by atoms with van der Waals surface area (Å²) in [6, 6.07) is 3.51. The molecule has 0 fully saturated rings. The third-order valence-electron chi connectivity index (χ3n) is 1.48. The number of hydrogen-bond donors (Lipinski definition) is 1. The van der Waals surface area contributed by atoms with E-state index >= 15 is 0 Å². The largest absolute Gasteiger partial charge is 0.481 e. The van der Waals surface area contributed by atoms with Gasteiger partial charge in [0.15, 0.2) is 11.6 Å². The van der Waals surface area contributed by atoms with Crippen LogP contribution in [0.5, 0.6) is 0 Å². The number of thioether (sulfide) groups is 1. The first-order valence-electron chi connectivity index (χ1n) is 3.89. The van der Waals surface area contributed by atoms with Crippen LogP contribution in [0.1, 0.15) is 6.42 Å². The van der Waals surface area contributed by atoms with E-state index in [1.54, 1.807) is 0 Å². The van der Waals surface area contributed by atoms with Gasteiger partial charge in [-0.3, -0.25) is 4.79 Å². The van der Waals surface area contributed by atoms with Crippen molar-refractivity contribution in [2.24, 2.45) is 0 Å². The Labute approximate surface area is 83.9 Å². The van der Waals surface area contributed by atoms with E-state index in [1.165, 1.54) is 17.8 Å². The molecule has 0 aliphatic heterocycles. The predicted octanol–water partition coefficient (Wildman–Crippen LogP) is 2.53. The Morgan fingerprint density at radius 2 is 2.07 bits per heavy atom. The molecule has 76 valence electrons. The van der Waals surface area contributed by atoms with E-state index in [1.807, 2.05) is 0 Å². The Morgan fingerprint density at radius 1 is 1.36 bits per heavy atom. The molecular formula is C9H8F2O2S. The maximum absolute atomic E-state index is 12.7. The van der Waals surface area contributed by atoms with Gasteiger partial charge in [0.1, 0.15) is 0 Å². The summed E-state index contributed by atoms with van der Waals surface area (Å²) in [5, 5.41) is 8.34. The van der Waals surface area contributed by atoms with Gasteiger partial charge in [-0.25, -0.2) is 8.78 Å². The van der Waals surface area contributed by atoms with Crippen LogP contribution >= 0.6 is 11.8 Å². The van der Waals surface area contributed by atoms with Gasteiger partial charge in [-0.15, -0.1) is 11.8 Å². The molecule has 0 aliphatic rings. The van der Waals surface area contributed by atoms with Crippen LogP contribution in [-0.2, 0) is 4.79 Å². The smallest absolute Gasteiger partial charge is 0.304 e. The highest BCUT2D eigenvalue weighted by molar-refractivity contribution is 7.99. The van der Waals surface area contributed by atoms with E-state index in [2.05, 4.69) is 0 Å². The summed E-state index contributed by atoms with van der Waals surface area (Å²) in [5.74, 6) is -2.36. The molecule has 0 atom stereocenters. The third-order valence-corrected chi connectivity index (χ3v) is 2.47. The molecule has 0 aromatic heterocycles. The summed E-state index contributed by atoms with van der Waals surface area (Å²) in [4.78, 5) is 10.7. The molecule has 1 N–H and O–H groups in total. The fraction of sp³-hybridized carbons (Fsp3) is 0.222. The van der Waals surface area contributed by atoms with Crippen LogP contribution in [0.25, 0.3) is 0 Å². The molecule has 1 rings (SSSR count). The molecule has 2 nitrogen and oxygen atoms in total. The van der Waals surface area contributed by atoms with Gasteiger partial charge in [0.05, 0.1) is 6.42 Å². The zero-order valence-corrected chi connectivity index (χ0v) is 7.98. The van der Waals surface area contributed by atoms with E-state index in [4.69, 9.17) is 5.11 Å². The standard InChI is InChI=1S/C9H8F2O2S/c10-7-2-1-6(5-8(7)11)14-4-3-9(12)13/h1-2,5H,3-4H2,(H,12,13). The van der Waals surface area contributed by atoms with Crippen LogP contribution < -0.4 is 0 Å². The van der Waals surface area contributed by atoms with Crippen molar-refractivity contribution < 1.29 is 18.7 Å². The van der Waals surface area contributed by atoms with Crippen LogP contribution in [0, 0.1) is 11.6 Å². The van der Waals surface area contributed by atoms with Crippen molar-refractivity contribution in [3.05, 3.63) is 29.8 Å². The molecule has 0 heterocycles. The summed E-state index contributed by atoms with van der Waals surface area (Å²) >= 11 is 1.18. The first kappa shape index (κ1) is 11.0. The number of carboxylic acid groups (broad SMARTS) is 1. The quantitative estimate of drug-likeness (QED) is 0.789. The molecule has 0 saturated carbocycles. The normalized spacial score (nSPS) is 10.1. The molecule has 5 heteroatoms. The zero-order chi connectivity index (χ0) is 10.6. The molecule has 0 amide bonds. The summed E-state index contributed by atoms with van der Waals surface area (Å²) < 4.78 is 25.1. The van der Waals surface area contributed by atoms with Gasteiger partial charge in [-0.05, 0) is 18.2 Å². The monoisotopic (exact) mass is 218 g/mol. The molecule has 0 saturated heterocycles. The average Bonchev–Trinajstić information content (AvgIpc) is 2.10. The number of aliphatic carboxylic acids is 1. The number of carbonyl (C=O) groups is 1. The average molecular weight is 218 g/mol. The van der Waals surface area contributed by atoms with Crippen molar-refractivity contribution in [2.45, 2.75) is 11.3 Å². The van der Waals surface area contributed by atoms with Gasteiger partial charge < -0.3 is 5.11 Å². The summed E-state index contributed by atoms with van der Waals surface area (Å²) in [6.45, 7) is 0. The van der Waals surface area contributed by atoms with Crippen LogP contribution in [0.4, 0.5) is 8.78 Å². The van der Waals surface area contributed by atoms with Crippen LogP contribution in [0.3, 0.4) is 0 Å². The minimum Gasteiger partial charge on any atom is -0.481 e. The first-order chi connectivity index (χ1) is 6.59. The van der Waals surface area contributed by atoms with Crippen molar-refractivity contribution in [3.8, 4) is 0 Å². The van der Waals surface area contributed by atoms with Crippen LogP contribution in [0.15, 0.2) is 23.1 Å². The van der Waals surface area contributed by atoms with Crippen molar-refractivity contribution in [1.29, 1.82) is 0 Å². The predicted molar refractivity (Wildman–Crippen MR) is 49.3 cm³/mol. The number of benzene rings is 1. The minimum atomic E-state index is -0.912. The lowest BCUT2D eigenvalue weighted by Gasteiger charge is -1.99. The van der Waals surface area contributed by atoms with Crippen molar-refractivity contribution in [1.82, 2.24) is 0 Å². The number of carboxylic acids is 1. The highest BCUT2D eigenvalue weighted by Gasteiger charge is 2.03. The van der Waals surface area contributed by atoms with Crippen LogP contribution in [0.2, 0.25) is 0 Å². The Hall–Kier alpha value is -1.10. The summed E-state index contributed by atoms with van der Waals surface area (Å²) in [7, 11) is 0. The highest BCUT2D eigenvalue weighted by Crippen LogP contribution is 2.20. The number of rotatable bonds is 4. The van der Waals surface area contributed by atoms with E-state index in [0.29, 0.717) is 10.6 Å². The van der Waals surface area contributed by atoms with Crippen LogP contribution in [-0.4, -0.2) is 16.8 Å². The summed E-state index contributed by atoms with van der Waals surface area (Å²) in [5.41, 5.74) is 0. The van der Waals surface area contributed by atoms with Gasteiger partial charge in [0.2, 0.25) is 0 Å². The van der Waals surface area contributed by atoms with Gasteiger partial charge >= 0.3 is 5.97 Å². The van der Waals surface area contributed by atoms with Gasteiger partial charge in [0.25, 0.3) is 0 Å². The molecule has 0 aliphatic carbocycles. The zero-order valence-electron chi connectivity index (χ0n) is 7.17. The molecule has 1 aromatic carbocycles. The van der Waals surface area contributed by atoms with Crippen molar-refractivity contribution in [2.75, 3.05) is 5.75 Å². The van der Waals surface area contributed by atoms with E-state index in [0.717, 1.165) is 12.1 Å². The molecule has 0 spiro atoms. The number of hydrogen-bond acceptors (Lipinski definition) is 2. The van der Waals surface area contributed by atoms with Gasteiger partial charge in [0, 0.05) is 10.6 Å². The van der Waals surface area contributed by atoms with Crippen molar-refractivity contribution >= 4 is 17.7 Å². The molecule has 1 aromatic rings. The first-order valence-corrected chi connectivity index (χ1v) is 4.88. The molecule has 0 radical (unpaired) electrons. The lowest BCUT2D eigenvalue weighted by atomic mass is 10.3. The van der Waals surface area contributed by atoms with Gasteiger partial charge in [-0.2, -0.15) is 0 Å². The molecule has 0 bridgehead atoms. The second-order valence-corrected chi connectivity index (χ2v) is 3.74. The Balaban J connectivity index is 2.51. The molecule has 0 unspecified atom stereocenters. The summed E-state index contributed by atoms with van der Waals surface area (Å²) in [6.07, 6.45) is 0.00363. The van der Waals surface area contributed by atoms with E-state index < -0.39 is 17.6 Å². The van der Waals surface area contributed by atoms with E-state index in [9.17, 15) is 13.6 Å². The second kappa shape index (κ2) is 4.95. The van der Waals surface area contributed by atoms with E-state index in [-0.39, 0.29) is 6.42 Å². The highest BCUT2D eigenvalue weighted by atomic mass is 32.2. The second-order valence-electron chi connectivity index (χ2n) is 2.57. The molecule has 14 heavy (non-hydrogen) atoms. The van der Waals surface area contributed by atoms with Gasteiger partial charge in [-0.1, -0.05) is 0 Å². The maximum atomic E-state index is 12.7. The van der Waals surface area contributed by atoms with Crippen molar-refractivity contribution in [3.63, 3.8) is 0 Å². The Bertz CT molecular complexity index is 342. The number of halogens is 2. The Morgan fingerprint density at radius 3 is 2.64 bits per heavy atom. The Kier molecular flexibility index (Phi) is 3.88. The minimum absolute atomic E-state index is 0.00363. The lowest BCUT2D eigenvalue weighted by molar-refractivity contribution is -0.136. The third kappa shape index (κ3) is 3.33. The maximum Gasteiger partial charge on any atom is 0.304 e. The fourth-order valence-corrected chi connectivity index (χ4v) is 1.69.